The van der Waals surface area contributed by atoms with Crippen molar-refractivity contribution in [1.29, 1.82) is 0 Å². The molecule has 1 aliphatic rings. The molecule has 0 radical (unpaired) electrons. The van der Waals surface area contributed by atoms with E-state index in [1.807, 2.05) is 60.8 Å². The molecule has 0 spiro atoms. The largest absolute Gasteiger partial charge is 0.343 e. The van der Waals surface area contributed by atoms with E-state index in [2.05, 4.69) is 15.5 Å². The lowest BCUT2D eigenvalue weighted by Gasteiger charge is -2.26. The van der Waals surface area contributed by atoms with E-state index in [0.717, 1.165) is 48.2 Å². The number of hydrogen-bond acceptors (Lipinski definition) is 5. The van der Waals surface area contributed by atoms with E-state index < -0.39 is 5.54 Å². The molecule has 5 rings (SSSR count). The van der Waals surface area contributed by atoms with Gasteiger partial charge >= 0.3 is 0 Å². The second-order valence-electron chi connectivity index (χ2n) is 8.44. The number of para-hydroxylation sites is 1. The Labute approximate surface area is 196 Å². The van der Waals surface area contributed by atoms with Crippen LogP contribution in [0.4, 0.5) is 0 Å². The van der Waals surface area contributed by atoms with Crippen LogP contribution in [0.5, 0.6) is 0 Å². The zero-order valence-corrected chi connectivity index (χ0v) is 19.0. The predicted octanol–water partition coefficient (Wildman–Crippen LogP) is 5.01. The van der Waals surface area contributed by atoms with Crippen LogP contribution in [0.2, 0.25) is 5.02 Å². The second kappa shape index (κ2) is 8.83. The van der Waals surface area contributed by atoms with Gasteiger partial charge in [0.2, 0.25) is 11.8 Å². The third-order valence-corrected chi connectivity index (χ3v) is 6.32. The summed E-state index contributed by atoms with van der Waals surface area (Å²) in [4.78, 5) is 17.7. The molecule has 2 heterocycles. The summed E-state index contributed by atoms with van der Waals surface area (Å²) in [6, 6.07) is 17.3. The van der Waals surface area contributed by atoms with Gasteiger partial charge in [0.15, 0.2) is 5.82 Å². The summed E-state index contributed by atoms with van der Waals surface area (Å²) in [5.74, 6) is 0.964. The van der Waals surface area contributed by atoms with Gasteiger partial charge in [-0.2, -0.15) is 10.1 Å². The molecule has 0 unspecified atom stereocenters. The average molecular weight is 462 g/mol. The Morgan fingerprint density at radius 2 is 1.85 bits per heavy atom. The number of carbonyl (C=O) groups excluding carboxylic acids is 1. The van der Waals surface area contributed by atoms with E-state index in [1.165, 1.54) is 0 Å². The van der Waals surface area contributed by atoms with Gasteiger partial charge < -0.3 is 9.84 Å². The number of nitrogens with one attached hydrogen (secondary N) is 1. The van der Waals surface area contributed by atoms with Gasteiger partial charge in [0.05, 0.1) is 17.8 Å². The second-order valence-corrected chi connectivity index (χ2v) is 8.88. The molecule has 1 amide bonds. The van der Waals surface area contributed by atoms with Crippen molar-refractivity contribution in [3.63, 3.8) is 0 Å². The maximum atomic E-state index is 13.3. The summed E-state index contributed by atoms with van der Waals surface area (Å²) >= 11 is 6.09. The van der Waals surface area contributed by atoms with Crippen LogP contribution in [0.15, 0.2) is 65.3 Å². The minimum absolute atomic E-state index is 0.0952. The van der Waals surface area contributed by atoms with Crippen LogP contribution in [-0.4, -0.2) is 25.8 Å². The molecule has 33 heavy (non-hydrogen) atoms. The number of carbonyl (C=O) groups is 1. The molecule has 0 aliphatic heterocycles. The summed E-state index contributed by atoms with van der Waals surface area (Å²) in [6.07, 6.45) is 5.71. The van der Waals surface area contributed by atoms with Crippen LogP contribution in [0, 0.1) is 6.92 Å². The van der Waals surface area contributed by atoms with Crippen molar-refractivity contribution >= 4 is 17.5 Å². The number of nitrogens with zero attached hydrogens (tertiary/aromatic N) is 4. The molecular weight excluding hydrogens is 438 g/mol. The maximum absolute atomic E-state index is 13.3. The third kappa shape index (κ3) is 4.41. The fraction of sp³-hybridized carbons (Fsp3) is 0.280. The highest BCUT2D eigenvalue weighted by molar-refractivity contribution is 6.30. The van der Waals surface area contributed by atoms with Crippen molar-refractivity contribution in [3.05, 3.63) is 83.1 Å². The molecule has 0 saturated heterocycles. The van der Waals surface area contributed by atoms with Crippen LogP contribution in [0.1, 0.15) is 43.0 Å². The van der Waals surface area contributed by atoms with Gasteiger partial charge in [-0.25, -0.2) is 4.68 Å². The van der Waals surface area contributed by atoms with Crippen LogP contribution >= 0.6 is 11.6 Å². The number of benzene rings is 2. The number of amides is 1. The Hall–Kier alpha value is -3.45. The van der Waals surface area contributed by atoms with Crippen molar-refractivity contribution in [2.45, 2.75) is 44.6 Å². The first-order valence-electron chi connectivity index (χ1n) is 11.0. The molecule has 0 atom stereocenters. The van der Waals surface area contributed by atoms with E-state index in [1.54, 1.807) is 11.6 Å². The van der Waals surface area contributed by atoms with Crippen molar-refractivity contribution in [1.82, 2.24) is 25.2 Å². The Bertz CT molecular complexity index is 1260. The first-order chi connectivity index (χ1) is 16.0. The third-order valence-electron chi connectivity index (χ3n) is 6.07. The van der Waals surface area contributed by atoms with E-state index in [4.69, 9.17) is 21.2 Å². The molecule has 1 N–H and O–H groups in total. The Morgan fingerprint density at radius 3 is 2.52 bits per heavy atom. The zero-order valence-electron chi connectivity index (χ0n) is 18.3. The van der Waals surface area contributed by atoms with Crippen molar-refractivity contribution in [2.24, 2.45) is 0 Å². The summed E-state index contributed by atoms with van der Waals surface area (Å²) < 4.78 is 7.01. The number of rotatable bonds is 6. The molecule has 8 heteroatoms. The molecule has 2 aromatic heterocycles. The summed E-state index contributed by atoms with van der Waals surface area (Å²) in [6.45, 7) is 1.76. The standard InChI is InChI=1S/C25H24ClN5O2/c1-17-27-24(30-33-17)25(13-5-6-14-25)28-22(32)15-19-16-31(21-7-3-2-4-8-21)29-23(19)18-9-11-20(26)12-10-18/h2-4,7-12,16H,5-6,13-15H2,1H3,(H,28,32). The smallest absolute Gasteiger partial charge is 0.225 e. The van der Waals surface area contributed by atoms with Crippen LogP contribution in [-0.2, 0) is 16.8 Å². The molecule has 1 fully saturated rings. The van der Waals surface area contributed by atoms with Crippen molar-refractivity contribution < 1.29 is 9.32 Å². The average Bonchev–Trinajstić information content (AvgIpc) is 3.56. The van der Waals surface area contributed by atoms with E-state index in [9.17, 15) is 4.79 Å². The fourth-order valence-electron chi connectivity index (χ4n) is 4.46. The molecule has 0 bridgehead atoms. The lowest BCUT2D eigenvalue weighted by Crippen LogP contribution is -2.45. The highest BCUT2D eigenvalue weighted by atomic mass is 35.5. The molecule has 2 aromatic carbocycles. The SMILES string of the molecule is Cc1nc(C2(NC(=O)Cc3cn(-c4ccccc4)nc3-c3ccc(Cl)cc3)CCCC2)no1. The topological polar surface area (TPSA) is 85.8 Å². The number of halogens is 1. The minimum Gasteiger partial charge on any atom is -0.343 e. The van der Waals surface area contributed by atoms with Gasteiger partial charge in [0, 0.05) is 29.3 Å². The first-order valence-corrected chi connectivity index (χ1v) is 11.4. The molecule has 168 valence electrons. The van der Waals surface area contributed by atoms with Gasteiger partial charge in [0.1, 0.15) is 5.54 Å². The molecular formula is C25H24ClN5O2. The minimum atomic E-state index is -0.579. The van der Waals surface area contributed by atoms with E-state index in [0.29, 0.717) is 16.7 Å². The molecule has 1 saturated carbocycles. The Balaban J connectivity index is 1.46. The lowest BCUT2D eigenvalue weighted by molar-refractivity contribution is -0.122. The van der Waals surface area contributed by atoms with Crippen LogP contribution in [0.3, 0.4) is 0 Å². The summed E-state index contributed by atoms with van der Waals surface area (Å²) in [5.41, 5.74) is 2.83. The van der Waals surface area contributed by atoms with Crippen LogP contribution < -0.4 is 5.32 Å². The van der Waals surface area contributed by atoms with E-state index >= 15 is 0 Å². The van der Waals surface area contributed by atoms with E-state index in [-0.39, 0.29) is 12.3 Å². The number of aryl methyl sites for hydroxylation is 1. The van der Waals surface area contributed by atoms with Crippen molar-refractivity contribution in [2.75, 3.05) is 0 Å². The van der Waals surface area contributed by atoms with Gasteiger partial charge in [0.25, 0.3) is 0 Å². The van der Waals surface area contributed by atoms with Crippen LogP contribution in [0.25, 0.3) is 16.9 Å². The van der Waals surface area contributed by atoms with Gasteiger partial charge in [-0.3, -0.25) is 4.79 Å². The monoisotopic (exact) mass is 461 g/mol. The molecule has 4 aromatic rings. The Morgan fingerprint density at radius 1 is 1.12 bits per heavy atom. The van der Waals surface area contributed by atoms with Gasteiger partial charge in [-0.05, 0) is 37.1 Å². The normalized spacial score (nSPS) is 15.0. The highest BCUT2D eigenvalue weighted by Gasteiger charge is 2.41. The molecule has 7 nitrogen and oxygen atoms in total. The fourth-order valence-corrected chi connectivity index (χ4v) is 4.59. The zero-order chi connectivity index (χ0) is 22.8. The lowest BCUT2D eigenvalue weighted by atomic mass is 9.95. The summed E-state index contributed by atoms with van der Waals surface area (Å²) in [7, 11) is 0. The first kappa shape index (κ1) is 21.4. The number of hydrogen-bond donors (Lipinski definition) is 1. The highest BCUT2D eigenvalue weighted by Crippen LogP contribution is 2.37. The van der Waals surface area contributed by atoms with Crippen molar-refractivity contribution in [3.8, 4) is 16.9 Å². The predicted molar refractivity (Wildman–Crippen MR) is 125 cm³/mol. The quantitative estimate of drug-likeness (QED) is 0.436. The molecule has 1 aliphatic carbocycles. The number of aromatic nitrogens is 4. The van der Waals surface area contributed by atoms with Gasteiger partial charge in [-0.15, -0.1) is 0 Å². The summed E-state index contributed by atoms with van der Waals surface area (Å²) in [5, 5.41) is 12.8. The Kier molecular flexibility index (Phi) is 5.72. The maximum Gasteiger partial charge on any atom is 0.225 e. The van der Waals surface area contributed by atoms with Gasteiger partial charge in [-0.1, -0.05) is 59.9 Å².